The molecule has 0 spiro atoms. The van der Waals surface area contributed by atoms with E-state index in [0.29, 0.717) is 16.7 Å². The van der Waals surface area contributed by atoms with E-state index < -0.39 is 28.3 Å². The Hall–Kier alpha value is -3.30. The number of nitrogens with zero attached hydrogens (tertiary/aromatic N) is 4. The lowest BCUT2D eigenvalue weighted by molar-refractivity contribution is -0.131. The van der Waals surface area contributed by atoms with Crippen molar-refractivity contribution in [3.8, 4) is 11.4 Å². The zero-order valence-electron chi connectivity index (χ0n) is 25.1. The molecule has 1 fully saturated rings. The molecule has 1 aromatic carbocycles. The Morgan fingerprint density at radius 2 is 1.60 bits per heavy atom. The average Bonchev–Trinajstić information content (AvgIpc) is 3.37. The van der Waals surface area contributed by atoms with Crippen molar-refractivity contribution < 1.29 is 24.3 Å². The van der Waals surface area contributed by atoms with Crippen LogP contribution in [0, 0.1) is 5.41 Å². The minimum absolute atomic E-state index is 0.0111. The van der Waals surface area contributed by atoms with Crippen LogP contribution in [0.3, 0.4) is 0 Å². The third-order valence-corrected chi connectivity index (χ3v) is 7.94. The fraction of sp³-hybridized carbons (Fsp3) is 0.548. The topological polar surface area (TPSA) is 122 Å². The van der Waals surface area contributed by atoms with E-state index in [1.54, 1.807) is 37.2 Å². The van der Waals surface area contributed by atoms with Crippen molar-refractivity contribution in [1.29, 1.82) is 0 Å². The highest BCUT2D eigenvalue weighted by Crippen LogP contribution is 2.51. The van der Waals surface area contributed by atoms with Crippen LogP contribution in [0.25, 0.3) is 11.4 Å². The molecule has 0 radical (unpaired) electrons. The van der Waals surface area contributed by atoms with E-state index in [1.165, 1.54) is 5.56 Å². The fourth-order valence-electron chi connectivity index (χ4n) is 5.06. The molecule has 1 atom stereocenters. The van der Waals surface area contributed by atoms with Crippen LogP contribution in [0.5, 0.6) is 0 Å². The smallest absolute Gasteiger partial charge is 0.410 e. The fourth-order valence-corrected chi connectivity index (χ4v) is 5.06. The SMILES string of the molecule is CCC(C)(C)c1ccc(C(O)(c2cncc(-c3noc(C(C)(C)O)n3)c2)C2(C)CN(C(=O)OC(C)(C)C)C2)cc1. The Balaban J connectivity index is 1.77. The summed E-state index contributed by atoms with van der Waals surface area (Å²) in [6.07, 6.45) is 3.78. The Kier molecular flexibility index (Phi) is 7.39. The number of carbonyl (C=O) groups is 1. The van der Waals surface area contributed by atoms with E-state index in [4.69, 9.17) is 9.26 Å². The molecule has 0 bridgehead atoms. The summed E-state index contributed by atoms with van der Waals surface area (Å²) in [5, 5.41) is 27.0. The van der Waals surface area contributed by atoms with Crippen molar-refractivity contribution in [3.63, 3.8) is 0 Å². The minimum atomic E-state index is -1.51. The van der Waals surface area contributed by atoms with Gasteiger partial charge in [0.05, 0.1) is 0 Å². The number of amides is 1. The van der Waals surface area contributed by atoms with E-state index in [1.807, 2.05) is 39.8 Å². The van der Waals surface area contributed by atoms with E-state index in [-0.39, 0.29) is 30.2 Å². The van der Waals surface area contributed by atoms with E-state index in [2.05, 4.69) is 48.0 Å². The number of rotatable bonds is 7. The quantitative estimate of drug-likeness (QED) is 0.393. The van der Waals surface area contributed by atoms with Gasteiger partial charge >= 0.3 is 6.09 Å². The molecule has 0 saturated carbocycles. The number of aromatic nitrogens is 3. The zero-order chi connectivity index (χ0) is 29.7. The maximum atomic E-state index is 12.8. The molecule has 216 valence electrons. The summed E-state index contributed by atoms with van der Waals surface area (Å²) in [4.78, 5) is 23.2. The maximum absolute atomic E-state index is 12.8. The van der Waals surface area contributed by atoms with E-state index in [9.17, 15) is 15.0 Å². The number of hydrogen-bond donors (Lipinski definition) is 2. The Morgan fingerprint density at radius 3 is 2.12 bits per heavy atom. The van der Waals surface area contributed by atoms with Gasteiger partial charge in [0, 0.05) is 42.0 Å². The molecule has 2 N–H and O–H groups in total. The van der Waals surface area contributed by atoms with Gasteiger partial charge in [-0.25, -0.2) is 4.79 Å². The zero-order valence-corrected chi connectivity index (χ0v) is 25.1. The second-order valence-corrected chi connectivity index (χ2v) is 13.4. The lowest BCUT2D eigenvalue weighted by atomic mass is 9.62. The molecule has 1 aliphatic heterocycles. The van der Waals surface area contributed by atoms with E-state index in [0.717, 1.165) is 6.42 Å². The van der Waals surface area contributed by atoms with Crippen molar-refractivity contribution in [2.45, 2.75) is 91.0 Å². The predicted octanol–water partition coefficient (Wildman–Crippen LogP) is 5.54. The third-order valence-electron chi connectivity index (χ3n) is 7.94. The Labute approximate surface area is 236 Å². The standard InChI is InChI=1S/C31H42N4O5/c1-10-28(5,6)21-11-13-22(14-12-21)31(38,30(9)18-35(19-30)26(36)39-27(2,3)4)23-15-20(16-32-17-23)24-33-25(40-34-24)29(7,8)37/h11-17,37-38H,10,18-19H2,1-9H3. The summed E-state index contributed by atoms with van der Waals surface area (Å²) in [6.45, 7) is 17.7. The average molecular weight is 551 g/mol. The molecule has 40 heavy (non-hydrogen) atoms. The molecule has 3 aromatic rings. The van der Waals surface area contributed by atoms with Crippen molar-refractivity contribution >= 4 is 6.09 Å². The Morgan fingerprint density at radius 1 is 1.00 bits per heavy atom. The Bertz CT molecular complexity index is 1360. The van der Waals surface area contributed by atoms with Crippen LogP contribution in [0.15, 0.2) is 47.2 Å². The number of likely N-dealkylation sites (tertiary alicyclic amines) is 1. The highest BCUT2D eigenvalue weighted by molar-refractivity contribution is 5.70. The van der Waals surface area contributed by atoms with Gasteiger partial charge in [0.2, 0.25) is 5.82 Å². The molecule has 1 aliphatic rings. The number of benzene rings is 1. The van der Waals surface area contributed by atoms with E-state index >= 15 is 0 Å². The van der Waals surface area contributed by atoms with Crippen LogP contribution in [-0.2, 0) is 21.4 Å². The molecule has 9 nitrogen and oxygen atoms in total. The molecular weight excluding hydrogens is 508 g/mol. The molecule has 2 aromatic heterocycles. The molecule has 1 saturated heterocycles. The van der Waals surface area contributed by atoms with Crippen LogP contribution in [0.1, 0.15) is 91.3 Å². The van der Waals surface area contributed by atoms with Crippen molar-refractivity contribution in [2.24, 2.45) is 5.41 Å². The van der Waals surface area contributed by atoms with Crippen LogP contribution >= 0.6 is 0 Å². The number of aliphatic hydroxyl groups is 2. The predicted molar refractivity (Wildman–Crippen MR) is 151 cm³/mol. The van der Waals surface area contributed by atoms with Crippen molar-refractivity contribution in [2.75, 3.05) is 13.1 Å². The number of carbonyl (C=O) groups excluding carboxylic acids is 1. The largest absolute Gasteiger partial charge is 0.444 e. The van der Waals surface area contributed by atoms with Gasteiger partial charge in [-0.2, -0.15) is 4.98 Å². The lowest BCUT2D eigenvalue weighted by Crippen LogP contribution is -2.66. The molecule has 0 aliphatic carbocycles. The summed E-state index contributed by atoms with van der Waals surface area (Å²) in [5.74, 6) is 0.333. The van der Waals surface area contributed by atoms with Gasteiger partial charge in [-0.1, -0.05) is 57.1 Å². The van der Waals surface area contributed by atoms with Gasteiger partial charge in [0.15, 0.2) is 0 Å². The van der Waals surface area contributed by atoms with Gasteiger partial charge in [0.1, 0.15) is 16.8 Å². The minimum Gasteiger partial charge on any atom is -0.444 e. The summed E-state index contributed by atoms with van der Waals surface area (Å²) in [5.41, 5.74) is -1.25. The number of hydrogen-bond acceptors (Lipinski definition) is 8. The van der Waals surface area contributed by atoms with Crippen molar-refractivity contribution in [1.82, 2.24) is 20.0 Å². The summed E-state index contributed by atoms with van der Waals surface area (Å²) < 4.78 is 10.8. The number of ether oxygens (including phenoxy) is 1. The van der Waals surface area contributed by atoms with Gasteiger partial charge < -0.3 is 24.4 Å². The van der Waals surface area contributed by atoms with Gasteiger partial charge in [-0.15, -0.1) is 0 Å². The van der Waals surface area contributed by atoms with Crippen molar-refractivity contribution in [3.05, 3.63) is 65.3 Å². The first-order valence-corrected chi connectivity index (χ1v) is 13.7. The first-order chi connectivity index (χ1) is 18.4. The molecule has 4 rings (SSSR count). The molecular formula is C31H42N4O5. The highest BCUT2D eigenvalue weighted by Gasteiger charge is 2.58. The third kappa shape index (κ3) is 5.49. The first-order valence-electron chi connectivity index (χ1n) is 13.7. The highest BCUT2D eigenvalue weighted by atomic mass is 16.6. The van der Waals surface area contributed by atoms with Crippen LogP contribution in [0.2, 0.25) is 0 Å². The van der Waals surface area contributed by atoms with Crippen LogP contribution < -0.4 is 0 Å². The van der Waals surface area contributed by atoms with Crippen LogP contribution in [0.4, 0.5) is 4.79 Å². The second-order valence-electron chi connectivity index (χ2n) is 13.4. The monoisotopic (exact) mass is 550 g/mol. The molecule has 3 heterocycles. The van der Waals surface area contributed by atoms with Gasteiger partial charge in [-0.3, -0.25) is 4.98 Å². The van der Waals surface area contributed by atoms with Gasteiger partial charge in [-0.05, 0) is 63.6 Å². The maximum Gasteiger partial charge on any atom is 0.410 e. The second kappa shape index (κ2) is 9.96. The normalized spacial score (nSPS) is 17.2. The van der Waals surface area contributed by atoms with Gasteiger partial charge in [0.25, 0.3) is 5.89 Å². The molecule has 1 unspecified atom stereocenters. The summed E-state index contributed by atoms with van der Waals surface area (Å²) in [7, 11) is 0. The molecule has 9 heteroatoms. The van der Waals surface area contributed by atoms with Crippen LogP contribution in [-0.4, -0.2) is 55.0 Å². The summed E-state index contributed by atoms with van der Waals surface area (Å²) in [6, 6.07) is 9.83. The first kappa shape index (κ1) is 29.7. The lowest BCUT2D eigenvalue weighted by Gasteiger charge is -2.56. The summed E-state index contributed by atoms with van der Waals surface area (Å²) >= 11 is 0. The number of pyridine rings is 1. The molecule has 1 amide bonds.